The summed E-state index contributed by atoms with van der Waals surface area (Å²) in [7, 11) is 4.10. The summed E-state index contributed by atoms with van der Waals surface area (Å²) in [5, 5.41) is 3.15. The standard InChI is InChI=1S/C17H30N4.HI/c1-7-13(2)14-8-10-15(11-9-14)20-16(18)19-12-17(3,4)21(5)6;/h8-11,13H,7,12H2,1-6H3,(H3,18,19,20);1H. The van der Waals surface area contributed by atoms with E-state index in [4.69, 9.17) is 5.73 Å². The molecule has 3 N–H and O–H groups in total. The first-order valence-corrected chi connectivity index (χ1v) is 7.60. The lowest BCUT2D eigenvalue weighted by Gasteiger charge is -2.30. The van der Waals surface area contributed by atoms with Crippen LogP contribution in [0.5, 0.6) is 0 Å². The highest BCUT2D eigenvalue weighted by atomic mass is 127. The summed E-state index contributed by atoms with van der Waals surface area (Å²) >= 11 is 0. The summed E-state index contributed by atoms with van der Waals surface area (Å²) in [6.07, 6.45) is 1.15. The SMILES string of the molecule is CCC(C)c1ccc(NC(N)=NCC(C)(C)N(C)C)cc1.I. The number of likely N-dealkylation sites (N-methyl/N-ethyl adjacent to an activating group) is 1. The second-order valence-corrected chi connectivity index (χ2v) is 6.46. The predicted octanol–water partition coefficient (Wildman–Crippen LogP) is 3.88. The van der Waals surface area contributed by atoms with Crippen molar-refractivity contribution in [2.75, 3.05) is 26.0 Å². The number of hydrogen-bond donors (Lipinski definition) is 2. The Bertz CT molecular complexity index is 466. The minimum absolute atomic E-state index is 0. The quantitative estimate of drug-likeness (QED) is 0.419. The monoisotopic (exact) mass is 418 g/mol. The minimum Gasteiger partial charge on any atom is -0.370 e. The summed E-state index contributed by atoms with van der Waals surface area (Å²) in [6.45, 7) is 9.38. The van der Waals surface area contributed by atoms with Crippen LogP contribution in [0.25, 0.3) is 0 Å². The lowest BCUT2D eigenvalue weighted by molar-refractivity contribution is 0.205. The molecule has 1 aromatic carbocycles. The van der Waals surface area contributed by atoms with Gasteiger partial charge in [0.1, 0.15) is 0 Å². The average molecular weight is 418 g/mol. The van der Waals surface area contributed by atoms with Crippen LogP contribution in [0.4, 0.5) is 5.69 Å². The Labute approximate surface area is 152 Å². The molecule has 0 heterocycles. The summed E-state index contributed by atoms with van der Waals surface area (Å²) in [6, 6.07) is 8.41. The topological polar surface area (TPSA) is 53.6 Å². The lowest BCUT2D eigenvalue weighted by atomic mass is 9.99. The molecule has 1 rings (SSSR count). The summed E-state index contributed by atoms with van der Waals surface area (Å²) in [5.41, 5.74) is 8.28. The van der Waals surface area contributed by atoms with Gasteiger partial charge >= 0.3 is 0 Å². The highest BCUT2D eigenvalue weighted by Gasteiger charge is 2.19. The molecule has 1 aromatic rings. The Morgan fingerprint density at radius 2 is 1.82 bits per heavy atom. The third kappa shape index (κ3) is 6.52. The van der Waals surface area contributed by atoms with Gasteiger partial charge in [0.2, 0.25) is 0 Å². The minimum atomic E-state index is -0.00723. The van der Waals surface area contributed by atoms with Crippen LogP contribution in [-0.2, 0) is 0 Å². The maximum absolute atomic E-state index is 5.96. The lowest BCUT2D eigenvalue weighted by Crippen LogP contribution is -2.41. The van der Waals surface area contributed by atoms with Crippen molar-refractivity contribution in [3.8, 4) is 0 Å². The third-order valence-corrected chi connectivity index (χ3v) is 4.21. The van der Waals surface area contributed by atoms with Gasteiger partial charge in [0.25, 0.3) is 0 Å². The van der Waals surface area contributed by atoms with Crippen LogP contribution in [0.1, 0.15) is 45.6 Å². The molecule has 1 unspecified atom stereocenters. The first-order valence-electron chi connectivity index (χ1n) is 7.60. The predicted molar refractivity (Wildman–Crippen MR) is 108 cm³/mol. The van der Waals surface area contributed by atoms with Crippen molar-refractivity contribution >= 4 is 35.6 Å². The van der Waals surface area contributed by atoms with Crippen molar-refractivity contribution in [3.05, 3.63) is 29.8 Å². The van der Waals surface area contributed by atoms with Gasteiger partial charge in [-0.2, -0.15) is 0 Å². The summed E-state index contributed by atoms with van der Waals surface area (Å²) in [4.78, 5) is 6.57. The van der Waals surface area contributed by atoms with E-state index in [0.717, 1.165) is 12.1 Å². The smallest absolute Gasteiger partial charge is 0.193 e. The number of nitrogens with zero attached hydrogens (tertiary/aromatic N) is 2. The van der Waals surface area contributed by atoms with E-state index >= 15 is 0 Å². The van der Waals surface area contributed by atoms with Gasteiger partial charge in [-0.05, 0) is 58.0 Å². The Kier molecular flexibility index (Phi) is 9.00. The molecule has 0 spiro atoms. The van der Waals surface area contributed by atoms with Crippen molar-refractivity contribution in [1.82, 2.24) is 4.90 Å². The number of nitrogens with one attached hydrogen (secondary N) is 1. The van der Waals surface area contributed by atoms with Crippen LogP contribution in [0.2, 0.25) is 0 Å². The van der Waals surface area contributed by atoms with Gasteiger partial charge < -0.3 is 16.0 Å². The second-order valence-electron chi connectivity index (χ2n) is 6.46. The largest absolute Gasteiger partial charge is 0.370 e. The molecule has 0 aliphatic carbocycles. The van der Waals surface area contributed by atoms with Crippen molar-refractivity contribution in [2.45, 2.75) is 45.6 Å². The van der Waals surface area contributed by atoms with E-state index in [-0.39, 0.29) is 29.5 Å². The molecule has 0 aliphatic rings. The Morgan fingerprint density at radius 3 is 2.27 bits per heavy atom. The van der Waals surface area contributed by atoms with Crippen molar-refractivity contribution in [2.24, 2.45) is 10.7 Å². The second kappa shape index (κ2) is 9.35. The van der Waals surface area contributed by atoms with Crippen molar-refractivity contribution in [3.63, 3.8) is 0 Å². The number of benzene rings is 1. The van der Waals surface area contributed by atoms with E-state index < -0.39 is 0 Å². The third-order valence-electron chi connectivity index (χ3n) is 4.21. The molecule has 0 radical (unpaired) electrons. The molecule has 0 saturated carbocycles. The van der Waals surface area contributed by atoms with Crippen LogP contribution in [0.15, 0.2) is 29.3 Å². The highest BCUT2D eigenvalue weighted by molar-refractivity contribution is 14.0. The molecule has 5 heteroatoms. The van der Waals surface area contributed by atoms with Crippen molar-refractivity contribution < 1.29 is 0 Å². The number of guanidine groups is 1. The fourth-order valence-corrected chi connectivity index (χ4v) is 1.74. The van der Waals surface area contributed by atoms with Crippen LogP contribution in [0, 0.1) is 0 Å². The zero-order valence-electron chi connectivity index (χ0n) is 14.7. The highest BCUT2D eigenvalue weighted by Crippen LogP contribution is 2.20. The van der Waals surface area contributed by atoms with Gasteiger partial charge in [0, 0.05) is 11.2 Å². The van der Waals surface area contributed by atoms with E-state index in [9.17, 15) is 0 Å². The number of anilines is 1. The molecule has 0 saturated heterocycles. The Balaban J connectivity index is 0.00000441. The van der Waals surface area contributed by atoms with Crippen molar-refractivity contribution in [1.29, 1.82) is 0 Å². The average Bonchev–Trinajstić information content (AvgIpc) is 2.45. The fraction of sp³-hybridized carbons (Fsp3) is 0.588. The number of halogens is 1. The summed E-state index contributed by atoms with van der Waals surface area (Å²) in [5.74, 6) is 1.05. The zero-order chi connectivity index (χ0) is 16.0. The first-order chi connectivity index (χ1) is 9.76. The molecule has 0 aromatic heterocycles. The van der Waals surface area contributed by atoms with Gasteiger partial charge in [-0.15, -0.1) is 24.0 Å². The van der Waals surface area contributed by atoms with Crippen LogP contribution < -0.4 is 11.1 Å². The van der Waals surface area contributed by atoms with Gasteiger partial charge in [0.15, 0.2) is 5.96 Å². The van der Waals surface area contributed by atoms with Crippen LogP contribution in [-0.4, -0.2) is 37.0 Å². The molecule has 0 bridgehead atoms. The maximum atomic E-state index is 5.96. The number of rotatable bonds is 6. The van der Waals surface area contributed by atoms with Crippen LogP contribution >= 0.6 is 24.0 Å². The van der Waals surface area contributed by atoms with E-state index in [0.29, 0.717) is 18.4 Å². The van der Waals surface area contributed by atoms with Gasteiger partial charge in [-0.25, -0.2) is 0 Å². The number of aliphatic imine (C=N–C) groups is 1. The van der Waals surface area contributed by atoms with Gasteiger partial charge in [-0.1, -0.05) is 26.0 Å². The van der Waals surface area contributed by atoms with E-state index in [1.54, 1.807) is 0 Å². The summed E-state index contributed by atoms with van der Waals surface area (Å²) < 4.78 is 0. The molecule has 0 aliphatic heterocycles. The van der Waals surface area contributed by atoms with Gasteiger partial charge in [0.05, 0.1) is 6.54 Å². The fourth-order valence-electron chi connectivity index (χ4n) is 1.74. The Morgan fingerprint density at radius 1 is 1.27 bits per heavy atom. The maximum Gasteiger partial charge on any atom is 0.193 e. The zero-order valence-corrected chi connectivity index (χ0v) is 17.0. The van der Waals surface area contributed by atoms with E-state index in [2.05, 4.69) is 67.2 Å². The van der Waals surface area contributed by atoms with E-state index in [1.165, 1.54) is 5.56 Å². The molecule has 22 heavy (non-hydrogen) atoms. The normalized spacial score (nSPS) is 13.7. The van der Waals surface area contributed by atoms with E-state index in [1.807, 2.05) is 14.1 Å². The Hall–Kier alpha value is -0.820. The van der Waals surface area contributed by atoms with Crippen LogP contribution in [0.3, 0.4) is 0 Å². The number of nitrogens with two attached hydrogens (primary N) is 1. The molecular weight excluding hydrogens is 387 g/mol. The number of hydrogen-bond acceptors (Lipinski definition) is 2. The van der Waals surface area contributed by atoms with Gasteiger partial charge in [-0.3, -0.25) is 4.99 Å². The molecule has 126 valence electrons. The molecule has 1 atom stereocenters. The first kappa shape index (κ1) is 21.2. The molecule has 0 amide bonds. The molecular formula is C17H31IN4. The molecule has 0 fully saturated rings. The molecule has 4 nitrogen and oxygen atoms in total.